The molecule has 2 heterocycles. The average Bonchev–Trinajstić information content (AvgIpc) is 3.31. The number of ether oxygens (including phenoxy) is 3. The second-order valence-corrected chi connectivity index (χ2v) is 8.33. The van der Waals surface area contributed by atoms with Gasteiger partial charge in [0.1, 0.15) is 17.2 Å². The lowest BCUT2D eigenvalue weighted by atomic mass is 10.1. The number of fused-ring (bicyclic) bond motifs is 1. The van der Waals surface area contributed by atoms with E-state index in [-0.39, 0.29) is 11.8 Å². The van der Waals surface area contributed by atoms with Crippen molar-refractivity contribution < 1.29 is 23.8 Å². The molecule has 2 aromatic carbocycles. The zero-order valence-corrected chi connectivity index (χ0v) is 18.9. The molecule has 0 saturated heterocycles. The Hall–Kier alpha value is -3.52. The Morgan fingerprint density at radius 2 is 2.03 bits per heavy atom. The molecule has 1 aromatic heterocycles. The number of anilines is 1. The monoisotopic (exact) mass is 452 g/mol. The molecule has 8 heteroatoms. The van der Waals surface area contributed by atoms with E-state index in [1.807, 2.05) is 29.6 Å². The van der Waals surface area contributed by atoms with Crippen molar-refractivity contribution in [2.75, 3.05) is 19.5 Å². The molecule has 1 atom stereocenters. The Bertz CT molecular complexity index is 1130. The van der Waals surface area contributed by atoms with Crippen LogP contribution in [-0.2, 0) is 17.9 Å². The number of carbonyl (C=O) groups is 2. The number of rotatable bonds is 6. The van der Waals surface area contributed by atoms with Crippen LogP contribution in [0.5, 0.6) is 17.2 Å². The van der Waals surface area contributed by atoms with Crippen LogP contribution in [0.2, 0.25) is 0 Å². The summed E-state index contributed by atoms with van der Waals surface area (Å²) in [6, 6.07) is 14.6. The summed E-state index contributed by atoms with van der Waals surface area (Å²) in [5.74, 6) is 1.67. The summed E-state index contributed by atoms with van der Waals surface area (Å²) >= 11 is 1.38. The van der Waals surface area contributed by atoms with Gasteiger partial charge in [0.05, 0.1) is 19.1 Å². The van der Waals surface area contributed by atoms with Crippen LogP contribution in [0.4, 0.5) is 5.69 Å². The minimum Gasteiger partial charge on any atom is -0.497 e. The van der Waals surface area contributed by atoms with Gasteiger partial charge in [-0.2, -0.15) is 0 Å². The second-order valence-electron chi connectivity index (χ2n) is 7.39. The molecule has 2 amide bonds. The number of nitrogens with one attached hydrogen (secondary N) is 1. The lowest BCUT2D eigenvalue weighted by Gasteiger charge is -2.23. The van der Waals surface area contributed by atoms with Crippen LogP contribution in [0.25, 0.3) is 0 Å². The van der Waals surface area contributed by atoms with Crippen molar-refractivity contribution >= 4 is 28.8 Å². The Morgan fingerprint density at radius 1 is 1.19 bits per heavy atom. The summed E-state index contributed by atoms with van der Waals surface area (Å²) in [5, 5.41) is 4.77. The number of hydrogen-bond donors (Lipinski definition) is 1. The molecule has 0 fully saturated rings. The Balaban J connectivity index is 1.59. The van der Waals surface area contributed by atoms with Gasteiger partial charge in [-0.15, -0.1) is 11.3 Å². The maximum atomic E-state index is 13.0. The lowest BCUT2D eigenvalue weighted by Crippen LogP contribution is -2.37. The van der Waals surface area contributed by atoms with E-state index in [9.17, 15) is 9.59 Å². The molecule has 0 aliphatic carbocycles. The van der Waals surface area contributed by atoms with E-state index < -0.39 is 6.10 Å². The Morgan fingerprint density at radius 3 is 2.75 bits per heavy atom. The summed E-state index contributed by atoms with van der Waals surface area (Å²) in [7, 11) is 3.18. The van der Waals surface area contributed by atoms with Crippen molar-refractivity contribution in [2.45, 2.75) is 26.1 Å². The fourth-order valence-corrected chi connectivity index (χ4v) is 4.22. The van der Waals surface area contributed by atoms with E-state index in [0.717, 1.165) is 11.1 Å². The predicted molar refractivity (Wildman–Crippen MR) is 123 cm³/mol. The van der Waals surface area contributed by atoms with E-state index in [1.54, 1.807) is 50.3 Å². The standard InChI is InChI=1S/C24H24N2O5S/c1-15-24(28)26(13-16-6-8-19(29-2)12-21(16)30-3)14-17-11-18(7-9-20(17)31-15)25-23(27)22-5-4-10-32-22/h4-12,15H,13-14H2,1-3H3,(H,25,27)/t15-/m0/s1. The van der Waals surface area contributed by atoms with Gasteiger partial charge in [0.25, 0.3) is 11.8 Å². The number of carbonyl (C=O) groups excluding carboxylic acids is 2. The molecule has 0 saturated carbocycles. The molecule has 0 spiro atoms. The minimum atomic E-state index is -0.632. The molecule has 166 valence electrons. The Kier molecular flexibility index (Phi) is 6.32. The molecule has 1 aliphatic rings. The average molecular weight is 453 g/mol. The highest BCUT2D eigenvalue weighted by Crippen LogP contribution is 2.32. The van der Waals surface area contributed by atoms with Crippen LogP contribution in [0, 0.1) is 0 Å². The van der Waals surface area contributed by atoms with Crippen molar-refractivity contribution in [3.05, 3.63) is 69.9 Å². The van der Waals surface area contributed by atoms with E-state index >= 15 is 0 Å². The maximum Gasteiger partial charge on any atom is 0.265 e. The smallest absolute Gasteiger partial charge is 0.265 e. The molecule has 3 aromatic rings. The third kappa shape index (κ3) is 4.55. The van der Waals surface area contributed by atoms with Gasteiger partial charge >= 0.3 is 0 Å². The molecule has 4 rings (SSSR count). The van der Waals surface area contributed by atoms with Crippen LogP contribution in [0.1, 0.15) is 27.7 Å². The van der Waals surface area contributed by atoms with Crippen molar-refractivity contribution in [3.8, 4) is 17.2 Å². The van der Waals surface area contributed by atoms with E-state index in [1.165, 1.54) is 11.3 Å². The van der Waals surface area contributed by atoms with Crippen LogP contribution < -0.4 is 19.5 Å². The summed E-state index contributed by atoms with van der Waals surface area (Å²) in [6.45, 7) is 2.43. The highest BCUT2D eigenvalue weighted by Gasteiger charge is 2.29. The summed E-state index contributed by atoms with van der Waals surface area (Å²) < 4.78 is 16.7. The summed E-state index contributed by atoms with van der Waals surface area (Å²) in [6.07, 6.45) is -0.632. The first-order valence-corrected chi connectivity index (χ1v) is 11.0. The first kappa shape index (κ1) is 21.7. The molecule has 1 aliphatic heterocycles. The number of hydrogen-bond acceptors (Lipinski definition) is 6. The second kappa shape index (κ2) is 9.32. The number of amides is 2. The first-order chi connectivity index (χ1) is 15.5. The van der Waals surface area contributed by atoms with E-state index in [0.29, 0.717) is 40.9 Å². The minimum absolute atomic E-state index is 0.122. The molecule has 0 radical (unpaired) electrons. The van der Waals surface area contributed by atoms with Crippen molar-refractivity contribution in [2.24, 2.45) is 0 Å². The fraction of sp³-hybridized carbons (Fsp3) is 0.250. The molecule has 1 N–H and O–H groups in total. The molecular formula is C24H24N2O5S. The summed E-state index contributed by atoms with van der Waals surface area (Å²) in [5.41, 5.74) is 2.33. The van der Waals surface area contributed by atoms with Crippen LogP contribution in [-0.4, -0.2) is 37.0 Å². The van der Waals surface area contributed by atoms with E-state index in [2.05, 4.69) is 5.32 Å². The largest absolute Gasteiger partial charge is 0.497 e. The Labute approximate surface area is 190 Å². The van der Waals surface area contributed by atoms with E-state index in [4.69, 9.17) is 14.2 Å². The SMILES string of the molecule is COc1ccc(CN2Cc3cc(NC(=O)c4cccs4)ccc3O[C@@H](C)C2=O)c(OC)c1. The highest BCUT2D eigenvalue weighted by atomic mass is 32.1. The van der Waals surface area contributed by atoms with Crippen LogP contribution in [0.3, 0.4) is 0 Å². The molecule has 0 bridgehead atoms. The third-order valence-corrected chi connectivity index (χ3v) is 6.11. The lowest BCUT2D eigenvalue weighted by molar-refractivity contribution is -0.138. The van der Waals surface area contributed by atoms with Crippen LogP contribution in [0.15, 0.2) is 53.9 Å². The van der Waals surface area contributed by atoms with Gasteiger partial charge in [-0.3, -0.25) is 9.59 Å². The molecule has 7 nitrogen and oxygen atoms in total. The van der Waals surface area contributed by atoms with Crippen molar-refractivity contribution in [1.82, 2.24) is 4.90 Å². The van der Waals surface area contributed by atoms with Crippen molar-refractivity contribution in [1.29, 1.82) is 0 Å². The summed E-state index contributed by atoms with van der Waals surface area (Å²) in [4.78, 5) is 27.8. The third-order valence-electron chi connectivity index (χ3n) is 5.24. The van der Waals surface area contributed by atoms with Gasteiger partial charge in [-0.25, -0.2) is 0 Å². The number of nitrogens with zero attached hydrogens (tertiary/aromatic N) is 1. The van der Waals surface area contributed by atoms with Gasteiger partial charge in [-0.1, -0.05) is 6.07 Å². The number of methoxy groups -OCH3 is 2. The van der Waals surface area contributed by atoms with Gasteiger partial charge in [0.15, 0.2) is 6.10 Å². The molecular weight excluding hydrogens is 428 g/mol. The highest BCUT2D eigenvalue weighted by molar-refractivity contribution is 7.12. The normalized spacial score (nSPS) is 15.4. The maximum absolute atomic E-state index is 13.0. The zero-order chi connectivity index (χ0) is 22.7. The van der Waals surface area contributed by atoms with Gasteiger partial charge < -0.3 is 24.4 Å². The molecule has 32 heavy (non-hydrogen) atoms. The molecule has 0 unspecified atom stereocenters. The number of thiophene rings is 1. The number of benzene rings is 2. The van der Waals surface area contributed by atoms with Gasteiger partial charge in [0.2, 0.25) is 0 Å². The van der Waals surface area contributed by atoms with Crippen LogP contribution >= 0.6 is 11.3 Å². The van der Waals surface area contributed by atoms with Crippen molar-refractivity contribution in [3.63, 3.8) is 0 Å². The fourth-order valence-electron chi connectivity index (χ4n) is 3.60. The van der Waals surface area contributed by atoms with Gasteiger partial charge in [0, 0.05) is 36.0 Å². The van der Waals surface area contributed by atoms with Gasteiger partial charge in [-0.05, 0) is 48.7 Å². The topological polar surface area (TPSA) is 77.1 Å². The zero-order valence-electron chi connectivity index (χ0n) is 18.1. The predicted octanol–water partition coefficient (Wildman–Crippen LogP) is 4.33. The first-order valence-electron chi connectivity index (χ1n) is 10.1. The quantitative estimate of drug-likeness (QED) is 0.603.